The number of carbonyl (C=O) groups excluding carboxylic acids is 1. The van der Waals surface area contributed by atoms with Crippen LogP contribution in [0.15, 0.2) is 12.1 Å². The molecule has 7 heteroatoms. The van der Waals surface area contributed by atoms with Gasteiger partial charge in [-0.1, -0.05) is 0 Å². The number of halogens is 2. The number of ether oxygens (including phenoxy) is 1. The lowest BCUT2D eigenvalue weighted by atomic mass is 10.2. The number of nitrogens with zero attached hydrogens (tertiary/aromatic N) is 2. The SMILES string of the molecule is COc1cc2c(cc1F)nc(C(C)Cl)n2C1CNC(=O)C1. The summed E-state index contributed by atoms with van der Waals surface area (Å²) in [6, 6.07) is 2.86. The average Bonchev–Trinajstić information content (AvgIpc) is 3.00. The molecule has 2 atom stereocenters. The van der Waals surface area contributed by atoms with Crippen molar-refractivity contribution in [2.24, 2.45) is 0 Å². The number of nitrogens with one attached hydrogen (secondary N) is 1. The van der Waals surface area contributed by atoms with Gasteiger partial charge in [0.25, 0.3) is 0 Å². The molecule has 0 bridgehead atoms. The van der Waals surface area contributed by atoms with E-state index in [-0.39, 0.29) is 23.1 Å². The third kappa shape index (κ3) is 2.33. The van der Waals surface area contributed by atoms with Crippen molar-refractivity contribution >= 4 is 28.5 Å². The molecule has 1 aliphatic heterocycles. The van der Waals surface area contributed by atoms with E-state index in [0.717, 1.165) is 5.52 Å². The summed E-state index contributed by atoms with van der Waals surface area (Å²) in [5.74, 6) is 0.295. The van der Waals surface area contributed by atoms with Crippen molar-refractivity contribution in [2.45, 2.75) is 24.8 Å². The molecule has 3 rings (SSSR count). The number of amides is 1. The number of alkyl halides is 1. The molecule has 1 aromatic heterocycles. The Morgan fingerprint density at radius 3 is 2.90 bits per heavy atom. The third-order valence-corrected chi connectivity index (χ3v) is 3.86. The zero-order valence-corrected chi connectivity index (χ0v) is 12.4. The Bertz CT molecular complexity index is 714. The van der Waals surface area contributed by atoms with E-state index in [1.165, 1.54) is 13.2 Å². The Morgan fingerprint density at radius 1 is 1.57 bits per heavy atom. The normalized spacial score (nSPS) is 19.8. The highest BCUT2D eigenvalue weighted by Gasteiger charge is 2.28. The van der Waals surface area contributed by atoms with Gasteiger partial charge in [-0.25, -0.2) is 9.37 Å². The zero-order valence-electron chi connectivity index (χ0n) is 11.7. The van der Waals surface area contributed by atoms with Gasteiger partial charge >= 0.3 is 0 Å². The summed E-state index contributed by atoms with van der Waals surface area (Å²) >= 11 is 6.19. The Labute approximate surface area is 126 Å². The van der Waals surface area contributed by atoms with Gasteiger partial charge in [0.05, 0.1) is 29.6 Å². The molecule has 2 heterocycles. The maximum Gasteiger partial charge on any atom is 0.222 e. The average molecular weight is 312 g/mol. The number of imidazole rings is 1. The fourth-order valence-electron chi connectivity index (χ4n) is 2.71. The van der Waals surface area contributed by atoms with Crippen molar-refractivity contribution in [3.05, 3.63) is 23.8 Å². The first-order valence-corrected chi connectivity index (χ1v) is 7.11. The van der Waals surface area contributed by atoms with Crippen LogP contribution < -0.4 is 10.1 Å². The van der Waals surface area contributed by atoms with Crippen LogP contribution in [0, 0.1) is 5.82 Å². The highest BCUT2D eigenvalue weighted by atomic mass is 35.5. The van der Waals surface area contributed by atoms with Crippen molar-refractivity contribution < 1.29 is 13.9 Å². The van der Waals surface area contributed by atoms with Crippen molar-refractivity contribution in [3.63, 3.8) is 0 Å². The van der Waals surface area contributed by atoms with E-state index in [4.69, 9.17) is 16.3 Å². The lowest BCUT2D eigenvalue weighted by Crippen LogP contribution is -2.17. The molecule has 1 amide bonds. The van der Waals surface area contributed by atoms with E-state index in [9.17, 15) is 9.18 Å². The predicted octanol–water partition coefficient (Wildman–Crippen LogP) is 2.54. The number of benzene rings is 1. The molecule has 2 aromatic rings. The molecule has 0 spiro atoms. The van der Waals surface area contributed by atoms with Gasteiger partial charge in [0.1, 0.15) is 5.82 Å². The predicted molar refractivity (Wildman–Crippen MR) is 77.2 cm³/mol. The van der Waals surface area contributed by atoms with Crippen LogP contribution in [0.1, 0.15) is 30.6 Å². The molecule has 1 aliphatic rings. The van der Waals surface area contributed by atoms with E-state index in [1.807, 2.05) is 4.57 Å². The standard InChI is InChI=1S/C14H15ClFN3O2/c1-7(15)14-18-10-4-9(16)12(21-2)5-11(10)19(14)8-3-13(20)17-6-8/h4-5,7-8H,3,6H2,1-2H3,(H,17,20). The van der Waals surface area contributed by atoms with Gasteiger partial charge in [-0.3, -0.25) is 4.79 Å². The van der Waals surface area contributed by atoms with Crippen molar-refractivity contribution in [1.29, 1.82) is 0 Å². The van der Waals surface area contributed by atoms with E-state index < -0.39 is 5.82 Å². The highest BCUT2D eigenvalue weighted by molar-refractivity contribution is 6.20. The minimum absolute atomic E-state index is 0.0101. The van der Waals surface area contributed by atoms with Gasteiger partial charge in [0, 0.05) is 25.1 Å². The van der Waals surface area contributed by atoms with Crippen LogP contribution in [-0.2, 0) is 4.79 Å². The minimum atomic E-state index is -0.468. The van der Waals surface area contributed by atoms with E-state index in [1.54, 1.807) is 13.0 Å². The molecule has 0 aliphatic carbocycles. The van der Waals surface area contributed by atoms with Gasteiger partial charge < -0.3 is 14.6 Å². The molecular formula is C14H15ClFN3O2. The molecule has 0 saturated carbocycles. The summed E-state index contributed by atoms with van der Waals surface area (Å²) in [7, 11) is 1.41. The quantitative estimate of drug-likeness (QED) is 0.886. The fourth-order valence-corrected chi connectivity index (χ4v) is 2.86. The lowest BCUT2D eigenvalue weighted by molar-refractivity contribution is -0.119. The van der Waals surface area contributed by atoms with Crippen molar-refractivity contribution in [2.75, 3.05) is 13.7 Å². The lowest BCUT2D eigenvalue weighted by Gasteiger charge is -2.16. The molecule has 1 aromatic carbocycles. The second-order valence-electron chi connectivity index (χ2n) is 5.09. The Balaban J connectivity index is 2.22. The Morgan fingerprint density at radius 2 is 2.33 bits per heavy atom. The van der Waals surface area contributed by atoms with Gasteiger partial charge in [0.2, 0.25) is 5.91 Å². The fraction of sp³-hybridized carbons (Fsp3) is 0.429. The molecule has 1 saturated heterocycles. The number of carbonyl (C=O) groups is 1. The number of methoxy groups -OCH3 is 1. The number of rotatable bonds is 3. The van der Waals surface area contributed by atoms with Crippen LogP contribution in [0.25, 0.3) is 11.0 Å². The molecule has 1 fully saturated rings. The number of hydrogen-bond donors (Lipinski definition) is 1. The molecule has 112 valence electrons. The van der Waals surface area contributed by atoms with Gasteiger partial charge in [-0.15, -0.1) is 11.6 Å². The number of aromatic nitrogens is 2. The smallest absolute Gasteiger partial charge is 0.222 e. The molecule has 1 N–H and O–H groups in total. The van der Waals surface area contributed by atoms with Crippen LogP contribution in [0.3, 0.4) is 0 Å². The van der Waals surface area contributed by atoms with E-state index in [0.29, 0.717) is 24.3 Å². The minimum Gasteiger partial charge on any atom is -0.494 e. The second kappa shape index (κ2) is 5.18. The first kappa shape index (κ1) is 14.1. The van der Waals surface area contributed by atoms with Crippen molar-refractivity contribution in [3.8, 4) is 5.75 Å². The van der Waals surface area contributed by atoms with E-state index >= 15 is 0 Å². The van der Waals surface area contributed by atoms with Crippen LogP contribution in [0.5, 0.6) is 5.75 Å². The molecule has 0 radical (unpaired) electrons. The second-order valence-corrected chi connectivity index (χ2v) is 5.75. The first-order chi connectivity index (χ1) is 10.0. The first-order valence-electron chi connectivity index (χ1n) is 6.67. The summed E-state index contributed by atoms with van der Waals surface area (Å²) in [5, 5.41) is 2.45. The van der Waals surface area contributed by atoms with Gasteiger partial charge in [-0.05, 0) is 6.92 Å². The van der Waals surface area contributed by atoms with Crippen LogP contribution in [0.2, 0.25) is 0 Å². The van der Waals surface area contributed by atoms with Crippen molar-refractivity contribution in [1.82, 2.24) is 14.9 Å². The van der Waals surface area contributed by atoms with Crippen LogP contribution in [-0.4, -0.2) is 29.1 Å². The molecular weight excluding hydrogens is 297 g/mol. The summed E-state index contributed by atoms with van der Waals surface area (Å²) in [6.45, 7) is 2.32. The van der Waals surface area contributed by atoms with Crippen LogP contribution in [0.4, 0.5) is 4.39 Å². The third-order valence-electron chi connectivity index (χ3n) is 3.67. The number of fused-ring (bicyclic) bond motifs is 1. The van der Waals surface area contributed by atoms with E-state index in [2.05, 4.69) is 10.3 Å². The molecule has 21 heavy (non-hydrogen) atoms. The van der Waals surface area contributed by atoms with Crippen LogP contribution >= 0.6 is 11.6 Å². The van der Waals surface area contributed by atoms with Gasteiger partial charge in [-0.2, -0.15) is 0 Å². The van der Waals surface area contributed by atoms with Gasteiger partial charge in [0.15, 0.2) is 11.6 Å². The Kier molecular flexibility index (Phi) is 3.49. The summed E-state index contributed by atoms with van der Waals surface area (Å²) in [5.41, 5.74) is 1.23. The molecule has 5 nitrogen and oxygen atoms in total. The maximum absolute atomic E-state index is 13.8. The highest BCUT2D eigenvalue weighted by Crippen LogP contribution is 2.33. The summed E-state index contributed by atoms with van der Waals surface area (Å²) < 4.78 is 20.8. The Hall–Kier alpha value is -1.82. The summed E-state index contributed by atoms with van der Waals surface area (Å²) in [6.07, 6.45) is 0.363. The maximum atomic E-state index is 13.8. The topological polar surface area (TPSA) is 56.1 Å². The zero-order chi connectivity index (χ0) is 15.1. The largest absolute Gasteiger partial charge is 0.494 e. The monoisotopic (exact) mass is 311 g/mol. The molecule has 2 unspecified atom stereocenters. The summed E-state index contributed by atoms with van der Waals surface area (Å²) in [4.78, 5) is 15.9. The number of hydrogen-bond acceptors (Lipinski definition) is 3.